The van der Waals surface area contributed by atoms with Crippen molar-refractivity contribution in [2.45, 2.75) is 45.4 Å². The lowest BCUT2D eigenvalue weighted by Crippen LogP contribution is -2.49. The van der Waals surface area contributed by atoms with Gasteiger partial charge in [0.15, 0.2) is 0 Å². The predicted molar refractivity (Wildman–Crippen MR) is 134 cm³/mol. The van der Waals surface area contributed by atoms with Crippen LogP contribution in [0.15, 0.2) is 25.3 Å². The van der Waals surface area contributed by atoms with Gasteiger partial charge in [0.1, 0.15) is 16.5 Å². The van der Waals surface area contributed by atoms with Crippen molar-refractivity contribution in [3.05, 3.63) is 41.6 Å². The molecule has 2 aliphatic rings. The third-order valence-electron chi connectivity index (χ3n) is 6.51. The van der Waals surface area contributed by atoms with Crippen molar-refractivity contribution >= 4 is 27.4 Å². The van der Waals surface area contributed by atoms with E-state index in [1.165, 1.54) is 41.7 Å². The topological polar surface area (TPSA) is 35.5 Å². The zero-order valence-corrected chi connectivity index (χ0v) is 20.1. The Bertz CT molecular complexity index is 900. The van der Waals surface area contributed by atoms with Gasteiger partial charge in [-0.15, -0.1) is 24.5 Å². The van der Waals surface area contributed by atoms with E-state index >= 15 is 0 Å². The first kappa shape index (κ1) is 22.4. The quantitative estimate of drug-likeness (QED) is 0.538. The summed E-state index contributed by atoms with van der Waals surface area (Å²) >= 11 is 1.92. The van der Waals surface area contributed by atoms with E-state index in [1.807, 2.05) is 23.5 Å². The Morgan fingerprint density at radius 3 is 2.42 bits per heavy atom. The van der Waals surface area contributed by atoms with Crippen LogP contribution in [0.1, 0.15) is 48.9 Å². The Hall–Kier alpha value is -1.76. The Morgan fingerprint density at radius 2 is 1.74 bits per heavy atom. The molecule has 3 heterocycles. The molecule has 1 saturated heterocycles. The van der Waals surface area contributed by atoms with Gasteiger partial charge in [0.05, 0.1) is 5.39 Å². The average molecular weight is 440 g/mol. The van der Waals surface area contributed by atoms with Crippen molar-refractivity contribution in [2.75, 3.05) is 57.3 Å². The summed E-state index contributed by atoms with van der Waals surface area (Å²) in [7, 11) is 0. The molecule has 31 heavy (non-hydrogen) atoms. The van der Waals surface area contributed by atoms with Crippen LogP contribution in [0.2, 0.25) is 0 Å². The largest absolute Gasteiger partial charge is 0.353 e. The minimum atomic E-state index is 0.351. The monoisotopic (exact) mass is 439 g/mol. The highest BCUT2D eigenvalue weighted by Gasteiger charge is 2.26. The van der Waals surface area contributed by atoms with Gasteiger partial charge in [-0.1, -0.05) is 26.0 Å². The summed E-state index contributed by atoms with van der Waals surface area (Å²) in [5.41, 5.74) is 1.54. The van der Waals surface area contributed by atoms with Gasteiger partial charge in [0.25, 0.3) is 0 Å². The first-order valence-electron chi connectivity index (χ1n) is 11.8. The highest BCUT2D eigenvalue weighted by atomic mass is 32.1. The summed E-state index contributed by atoms with van der Waals surface area (Å²) in [4.78, 5) is 20.4. The standard InChI is InChI=1S/C25H37N5S/c1-5-11-28(12-6-2)13-14-29-15-17-30(18-16-29)24-22-20-9-7-8-10-21(20)31-25(22)27-23(26-24)19(3)4/h5-6,19H,1-2,7-18H2,3-4H3. The van der Waals surface area contributed by atoms with Gasteiger partial charge in [0.2, 0.25) is 0 Å². The van der Waals surface area contributed by atoms with Crippen molar-refractivity contribution < 1.29 is 0 Å². The number of nitrogens with zero attached hydrogens (tertiary/aromatic N) is 5. The number of piperazine rings is 1. The molecule has 1 fully saturated rings. The van der Waals surface area contributed by atoms with Crippen LogP contribution >= 0.6 is 11.3 Å². The summed E-state index contributed by atoms with van der Waals surface area (Å²) in [5.74, 6) is 2.55. The molecular formula is C25H37N5S. The normalized spacial score (nSPS) is 17.5. The molecule has 0 bridgehead atoms. The Morgan fingerprint density at radius 1 is 1.03 bits per heavy atom. The number of aromatic nitrogens is 2. The van der Waals surface area contributed by atoms with Gasteiger partial charge in [-0.05, 0) is 31.2 Å². The Balaban J connectivity index is 1.50. The zero-order chi connectivity index (χ0) is 21.8. The van der Waals surface area contributed by atoms with Gasteiger partial charge in [-0.25, -0.2) is 9.97 Å². The maximum atomic E-state index is 5.12. The molecule has 0 aromatic carbocycles. The van der Waals surface area contributed by atoms with Gasteiger partial charge < -0.3 is 4.90 Å². The molecule has 4 rings (SSSR count). The van der Waals surface area contributed by atoms with E-state index in [-0.39, 0.29) is 0 Å². The molecule has 168 valence electrons. The maximum Gasteiger partial charge on any atom is 0.141 e. The second-order valence-corrected chi connectivity index (χ2v) is 10.2. The first-order chi connectivity index (χ1) is 15.1. The van der Waals surface area contributed by atoms with E-state index in [0.29, 0.717) is 5.92 Å². The number of rotatable bonds is 9. The highest BCUT2D eigenvalue weighted by molar-refractivity contribution is 7.19. The molecule has 0 amide bonds. The Labute approximate surface area is 191 Å². The first-order valence-corrected chi connectivity index (χ1v) is 12.7. The van der Waals surface area contributed by atoms with Crippen molar-refractivity contribution in [1.29, 1.82) is 0 Å². The Kier molecular flexibility index (Phi) is 7.41. The molecule has 2 aromatic rings. The van der Waals surface area contributed by atoms with Crippen LogP contribution in [0.3, 0.4) is 0 Å². The summed E-state index contributed by atoms with van der Waals surface area (Å²) in [5, 5.41) is 1.36. The van der Waals surface area contributed by atoms with Crippen molar-refractivity contribution in [1.82, 2.24) is 19.8 Å². The lowest BCUT2D eigenvalue weighted by Gasteiger charge is -2.36. The lowest BCUT2D eigenvalue weighted by molar-refractivity contribution is 0.214. The second-order valence-electron chi connectivity index (χ2n) is 9.12. The molecule has 0 spiro atoms. The molecule has 0 radical (unpaired) electrons. The molecule has 0 saturated carbocycles. The fraction of sp³-hybridized carbons (Fsp3) is 0.600. The molecular weight excluding hydrogens is 402 g/mol. The van der Waals surface area contributed by atoms with Crippen LogP contribution in [-0.2, 0) is 12.8 Å². The van der Waals surface area contributed by atoms with Gasteiger partial charge >= 0.3 is 0 Å². The molecule has 1 aliphatic carbocycles. The smallest absolute Gasteiger partial charge is 0.141 e. The number of fused-ring (bicyclic) bond motifs is 3. The van der Waals surface area contributed by atoms with E-state index in [2.05, 4.69) is 41.7 Å². The van der Waals surface area contributed by atoms with Crippen molar-refractivity contribution in [3.8, 4) is 0 Å². The van der Waals surface area contributed by atoms with Crippen LogP contribution in [0.25, 0.3) is 10.2 Å². The molecule has 1 aliphatic heterocycles. The molecule has 2 aromatic heterocycles. The van der Waals surface area contributed by atoms with Crippen LogP contribution in [-0.4, -0.2) is 72.1 Å². The van der Waals surface area contributed by atoms with E-state index in [9.17, 15) is 0 Å². The molecule has 0 N–H and O–H groups in total. The van der Waals surface area contributed by atoms with Crippen LogP contribution in [0.5, 0.6) is 0 Å². The zero-order valence-electron chi connectivity index (χ0n) is 19.3. The van der Waals surface area contributed by atoms with Crippen molar-refractivity contribution in [3.63, 3.8) is 0 Å². The molecule has 0 atom stereocenters. The van der Waals surface area contributed by atoms with Crippen LogP contribution in [0, 0.1) is 0 Å². The van der Waals surface area contributed by atoms with Crippen LogP contribution < -0.4 is 4.90 Å². The average Bonchev–Trinajstić information content (AvgIpc) is 3.16. The maximum absolute atomic E-state index is 5.12. The summed E-state index contributed by atoms with van der Waals surface area (Å²) < 4.78 is 0. The predicted octanol–water partition coefficient (Wildman–Crippen LogP) is 4.49. The third kappa shape index (κ3) is 5.02. The number of anilines is 1. The van der Waals surface area contributed by atoms with Gasteiger partial charge in [0, 0.05) is 63.2 Å². The van der Waals surface area contributed by atoms with E-state index in [4.69, 9.17) is 9.97 Å². The number of hydrogen-bond acceptors (Lipinski definition) is 6. The second kappa shape index (κ2) is 10.2. The fourth-order valence-electron chi connectivity index (χ4n) is 4.73. The molecule has 0 unspecified atom stereocenters. The summed E-state index contributed by atoms with van der Waals surface area (Å²) in [6.07, 6.45) is 8.98. The van der Waals surface area contributed by atoms with Crippen LogP contribution in [0.4, 0.5) is 5.82 Å². The lowest BCUT2D eigenvalue weighted by atomic mass is 9.96. The highest BCUT2D eigenvalue weighted by Crippen LogP contribution is 2.40. The summed E-state index contributed by atoms with van der Waals surface area (Å²) in [6.45, 7) is 20.4. The van der Waals surface area contributed by atoms with Gasteiger partial charge in [-0.3, -0.25) is 9.80 Å². The minimum Gasteiger partial charge on any atom is -0.353 e. The molecule has 5 nitrogen and oxygen atoms in total. The van der Waals surface area contributed by atoms with E-state index in [0.717, 1.165) is 58.2 Å². The SMILES string of the molecule is C=CCN(CC=C)CCN1CCN(c2nc(C(C)C)nc3sc4c(c23)CCCC4)CC1. The third-order valence-corrected chi connectivity index (χ3v) is 7.69. The van der Waals surface area contributed by atoms with E-state index in [1.54, 1.807) is 10.4 Å². The van der Waals surface area contributed by atoms with Crippen molar-refractivity contribution in [2.24, 2.45) is 0 Å². The number of thiophene rings is 1. The number of aryl methyl sites for hydroxylation is 2. The number of hydrogen-bond donors (Lipinski definition) is 0. The molecule has 6 heteroatoms. The van der Waals surface area contributed by atoms with E-state index < -0.39 is 0 Å². The summed E-state index contributed by atoms with van der Waals surface area (Å²) in [6, 6.07) is 0. The minimum absolute atomic E-state index is 0.351. The fourth-order valence-corrected chi connectivity index (χ4v) is 5.99. The van der Waals surface area contributed by atoms with Gasteiger partial charge in [-0.2, -0.15) is 0 Å².